The van der Waals surface area contributed by atoms with Gasteiger partial charge in [-0.05, 0) is 65.9 Å². The van der Waals surface area contributed by atoms with Crippen LogP contribution in [-0.2, 0) is 20.4 Å². The molecule has 2 aromatic carbocycles. The van der Waals surface area contributed by atoms with E-state index < -0.39 is 10.8 Å². The molecule has 0 spiro atoms. The molecule has 4 heterocycles. The van der Waals surface area contributed by atoms with E-state index >= 15 is 0 Å². The van der Waals surface area contributed by atoms with Crippen molar-refractivity contribution in [2.75, 3.05) is 24.9 Å². The number of pyridine rings is 2. The molecule has 0 radical (unpaired) electrons. The van der Waals surface area contributed by atoms with Crippen LogP contribution in [0.15, 0.2) is 114 Å². The van der Waals surface area contributed by atoms with Gasteiger partial charge in [-0.1, -0.05) is 43.8 Å². The van der Waals surface area contributed by atoms with Crippen LogP contribution in [0.1, 0.15) is 44.2 Å². The summed E-state index contributed by atoms with van der Waals surface area (Å²) in [6.45, 7) is 0. The number of halogens is 3. The molecule has 2 saturated carbocycles. The third-order valence-corrected chi connectivity index (χ3v) is 9.30. The summed E-state index contributed by atoms with van der Waals surface area (Å²) < 4.78 is 40.3. The summed E-state index contributed by atoms with van der Waals surface area (Å²) in [5.74, 6) is 0.992. The highest BCUT2D eigenvalue weighted by Crippen LogP contribution is 2.50. The lowest BCUT2D eigenvalue weighted by molar-refractivity contribution is -0.119. The molecule has 2 aliphatic carbocycles. The Hall–Kier alpha value is -5.96. The first-order chi connectivity index (χ1) is 25.7. The zero-order valence-corrected chi connectivity index (χ0v) is 30.3. The minimum atomic E-state index is -0.795. The van der Waals surface area contributed by atoms with Gasteiger partial charge in [0.05, 0.1) is 43.1 Å². The standard InChI is InChI=1S/C19H17FN4O2.C13H12FN3O.C6H6BrNO.CH4/c1-26-17-7-6-13(12-21-17)24-11-8-16(23-24)22-18(25)19(9-10-19)14-4-2-3-5-15(14)20;14-10-4-2-1-3-9(10)13(6-7-13)12(18)16-11-5-8-15-17-11;1-9-6-3-2-5(7)4-8-6;/h2-8,11-12H,9-10H2,1H3,(H,22,23,25);1-5,8H,6-7H2,(H2,15,16,17,18);2-4H,1H3;1H4. The molecule has 4 aromatic heterocycles. The third kappa shape index (κ3) is 8.97. The van der Waals surface area contributed by atoms with E-state index in [1.807, 2.05) is 12.1 Å². The summed E-state index contributed by atoms with van der Waals surface area (Å²) in [5.41, 5.74) is 0.146. The van der Waals surface area contributed by atoms with Gasteiger partial charge >= 0.3 is 0 Å². The number of anilines is 2. The molecule has 0 aliphatic heterocycles. The Kier molecular flexibility index (Phi) is 12.5. The predicted molar refractivity (Wildman–Crippen MR) is 204 cm³/mol. The molecule has 0 bridgehead atoms. The van der Waals surface area contributed by atoms with E-state index in [2.05, 4.69) is 51.8 Å². The van der Waals surface area contributed by atoms with Crippen molar-refractivity contribution in [2.45, 2.75) is 43.9 Å². The van der Waals surface area contributed by atoms with Crippen molar-refractivity contribution in [2.24, 2.45) is 0 Å². The normalized spacial score (nSPS) is 14.0. The van der Waals surface area contributed by atoms with Crippen molar-refractivity contribution in [3.05, 3.63) is 137 Å². The molecule has 2 fully saturated rings. The van der Waals surface area contributed by atoms with Crippen LogP contribution in [0.25, 0.3) is 5.69 Å². The van der Waals surface area contributed by atoms with Gasteiger partial charge in [-0.25, -0.2) is 23.4 Å². The van der Waals surface area contributed by atoms with Gasteiger partial charge in [0, 0.05) is 52.3 Å². The van der Waals surface area contributed by atoms with Crippen molar-refractivity contribution >= 4 is 39.4 Å². The molecule has 0 atom stereocenters. The quantitative estimate of drug-likeness (QED) is 0.134. The Balaban J connectivity index is 0.000000173. The number of aromatic amines is 1. The molecule has 280 valence electrons. The summed E-state index contributed by atoms with van der Waals surface area (Å²) >= 11 is 3.26. The van der Waals surface area contributed by atoms with Gasteiger partial charge in [0.25, 0.3) is 0 Å². The zero-order chi connectivity index (χ0) is 37.4. The van der Waals surface area contributed by atoms with Crippen LogP contribution in [0, 0.1) is 11.6 Å². The summed E-state index contributed by atoms with van der Waals surface area (Å²) in [7, 11) is 3.14. The average Bonchev–Trinajstić information content (AvgIpc) is 4.06. The highest BCUT2D eigenvalue weighted by Gasteiger charge is 2.53. The number of aromatic nitrogens is 6. The average molecular weight is 802 g/mol. The fourth-order valence-electron chi connectivity index (χ4n) is 5.64. The highest BCUT2D eigenvalue weighted by molar-refractivity contribution is 9.10. The topological polar surface area (TPSA) is 149 Å². The van der Waals surface area contributed by atoms with Crippen LogP contribution in [0.4, 0.5) is 20.4 Å². The first kappa shape index (κ1) is 39.3. The molecule has 2 amide bonds. The molecule has 15 heteroatoms. The first-order valence-electron chi connectivity index (χ1n) is 16.5. The maximum absolute atomic E-state index is 14.1. The van der Waals surface area contributed by atoms with Crippen LogP contribution in [0.2, 0.25) is 0 Å². The molecule has 8 rings (SSSR count). The Morgan fingerprint density at radius 2 is 1.31 bits per heavy atom. The largest absolute Gasteiger partial charge is 0.481 e. The second-order valence-corrected chi connectivity index (χ2v) is 13.1. The van der Waals surface area contributed by atoms with Crippen LogP contribution in [-0.4, -0.2) is 56.0 Å². The van der Waals surface area contributed by atoms with Crippen molar-refractivity contribution in [1.29, 1.82) is 0 Å². The summed E-state index contributed by atoms with van der Waals surface area (Å²) in [6.07, 6.45) is 9.20. The van der Waals surface area contributed by atoms with Crippen LogP contribution in [0.5, 0.6) is 11.8 Å². The van der Waals surface area contributed by atoms with E-state index in [1.54, 1.807) is 104 Å². The maximum Gasteiger partial charge on any atom is 0.236 e. The van der Waals surface area contributed by atoms with Gasteiger partial charge in [0.2, 0.25) is 23.6 Å². The molecule has 0 unspecified atom stereocenters. The molecule has 0 saturated heterocycles. The second-order valence-electron chi connectivity index (χ2n) is 12.2. The van der Waals surface area contributed by atoms with Crippen molar-refractivity contribution < 1.29 is 27.8 Å². The second kappa shape index (κ2) is 17.2. The number of nitrogens with one attached hydrogen (secondary N) is 3. The number of H-pyrrole nitrogens is 1. The lowest BCUT2D eigenvalue weighted by atomic mass is 9.94. The van der Waals surface area contributed by atoms with Gasteiger partial charge < -0.3 is 20.1 Å². The third-order valence-electron chi connectivity index (χ3n) is 8.83. The number of nitrogens with zero attached hydrogens (tertiary/aromatic N) is 5. The highest BCUT2D eigenvalue weighted by atomic mass is 79.9. The van der Waals surface area contributed by atoms with Gasteiger partial charge in [-0.3, -0.25) is 14.7 Å². The fourth-order valence-corrected chi connectivity index (χ4v) is 5.87. The van der Waals surface area contributed by atoms with Gasteiger partial charge in [0.15, 0.2) is 5.82 Å². The smallest absolute Gasteiger partial charge is 0.236 e. The summed E-state index contributed by atoms with van der Waals surface area (Å²) in [6, 6.07) is 23.4. The molecule has 12 nitrogen and oxygen atoms in total. The number of hydrogen-bond acceptors (Lipinski definition) is 8. The SMILES string of the molecule is C.COc1ccc(-n2ccc(NC(=O)C3(c4ccccc4F)CC3)n2)cn1.COc1ccc(Br)cn1.O=C(Nc1ccn[nH]1)C1(c2ccccc2F)CC1. The van der Waals surface area contributed by atoms with E-state index in [1.165, 1.54) is 12.1 Å². The molecular formula is C39H39BrF2N8O4. The number of benzene rings is 2. The lowest BCUT2D eigenvalue weighted by Gasteiger charge is -2.15. The van der Waals surface area contributed by atoms with E-state index in [0.717, 1.165) is 10.2 Å². The number of hydrogen-bond donors (Lipinski definition) is 3. The molecule has 6 aromatic rings. The Morgan fingerprint density at radius 1 is 0.759 bits per heavy atom. The number of methoxy groups -OCH3 is 2. The molecular weight excluding hydrogens is 762 g/mol. The van der Waals surface area contributed by atoms with Crippen molar-refractivity contribution in [1.82, 2.24) is 29.9 Å². The minimum Gasteiger partial charge on any atom is -0.481 e. The lowest BCUT2D eigenvalue weighted by Crippen LogP contribution is -2.29. The number of carbonyl (C=O) groups excluding carboxylic acids is 2. The van der Waals surface area contributed by atoms with Crippen LogP contribution < -0.4 is 20.1 Å². The number of carbonyl (C=O) groups is 2. The van der Waals surface area contributed by atoms with E-state index in [9.17, 15) is 18.4 Å². The van der Waals surface area contributed by atoms with Gasteiger partial charge in [-0.2, -0.15) is 10.2 Å². The van der Waals surface area contributed by atoms with E-state index in [-0.39, 0.29) is 30.9 Å². The molecule has 3 N–H and O–H groups in total. The number of ether oxygens (including phenoxy) is 2. The molecule has 54 heavy (non-hydrogen) atoms. The number of amides is 2. The Bertz CT molecular complexity index is 2150. The van der Waals surface area contributed by atoms with E-state index in [0.29, 0.717) is 60.2 Å². The van der Waals surface area contributed by atoms with Gasteiger partial charge in [-0.15, -0.1) is 0 Å². The van der Waals surface area contributed by atoms with Crippen LogP contribution in [0.3, 0.4) is 0 Å². The maximum atomic E-state index is 14.1. The Labute approximate surface area is 319 Å². The summed E-state index contributed by atoms with van der Waals surface area (Å²) in [4.78, 5) is 33.0. The predicted octanol–water partition coefficient (Wildman–Crippen LogP) is 7.79. The number of rotatable bonds is 9. The Morgan fingerprint density at radius 3 is 1.78 bits per heavy atom. The fraction of sp³-hybridized carbons (Fsp3) is 0.231. The van der Waals surface area contributed by atoms with Crippen LogP contribution >= 0.6 is 15.9 Å². The molecule has 2 aliphatic rings. The monoisotopic (exact) mass is 800 g/mol. The van der Waals surface area contributed by atoms with Crippen molar-refractivity contribution in [3.8, 4) is 17.4 Å². The van der Waals surface area contributed by atoms with E-state index in [4.69, 9.17) is 9.47 Å². The van der Waals surface area contributed by atoms with Gasteiger partial charge in [0.1, 0.15) is 17.5 Å². The minimum absolute atomic E-state index is 0. The van der Waals surface area contributed by atoms with Crippen molar-refractivity contribution in [3.63, 3.8) is 0 Å². The summed E-state index contributed by atoms with van der Waals surface area (Å²) in [5, 5.41) is 16.3. The first-order valence-corrected chi connectivity index (χ1v) is 17.3. The zero-order valence-electron chi connectivity index (χ0n) is 28.7.